The van der Waals surface area contributed by atoms with Crippen molar-refractivity contribution >= 4 is 21.7 Å². The number of benzene rings is 2. The Morgan fingerprint density at radius 3 is 2.31 bits per heavy atom. The number of hydrogen-bond donors (Lipinski definition) is 1. The molecule has 0 unspecified atom stereocenters. The van der Waals surface area contributed by atoms with Gasteiger partial charge in [0.2, 0.25) is 15.9 Å². The Balaban J connectivity index is 1.68. The fourth-order valence-corrected chi connectivity index (χ4v) is 5.30. The second-order valence-corrected chi connectivity index (χ2v) is 10.5. The van der Waals surface area contributed by atoms with Gasteiger partial charge in [-0.1, -0.05) is 44.2 Å². The van der Waals surface area contributed by atoms with Crippen LogP contribution < -0.4 is 4.72 Å². The van der Waals surface area contributed by atoms with Crippen LogP contribution in [0.15, 0.2) is 42.5 Å². The predicted octanol–water partition coefficient (Wildman–Crippen LogP) is 3.55. The highest BCUT2D eigenvalue weighted by Crippen LogP contribution is 2.25. The SMILES string of the molecule is Cc1cc(-c2ccccc2)cc(C(=O)CNS(=O)(=O)C2CCN(C(=O)C(C)C)CC2)c1F. The Kier molecular flexibility index (Phi) is 7.46. The number of piperidine rings is 1. The van der Waals surface area contributed by atoms with Gasteiger partial charge in [0.25, 0.3) is 0 Å². The summed E-state index contributed by atoms with van der Waals surface area (Å²) in [6.07, 6.45) is 0.609. The number of nitrogens with one attached hydrogen (secondary N) is 1. The third-order valence-electron chi connectivity index (χ3n) is 5.78. The van der Waals surface area contributed by atoms with E-state index in [-0.39, 0.29) is 17.4 Å². The van der Waals surface area contributed by atoms with Crippen LogP contribution in [0.5, 0.6) is 0 Å². The lowest BCUT2D eigenvalue weighted by Gasteiger charge is -2.32. The number of likely N-dealkylation sites (tertiary alicyclic amines) is 1. The third-order valence-corrected chi connectivity index (χ3v) is 7.68. The molecular weight excluding hydrogens is 431 g/mol. The van der Waals surface area contributed by atoms with Crippen LogP contribution in [0, 0.1) is 18.7 Å². The molecule has 1 saturated heterocycles. The van der Waals surface area contributed by atoms with E-state index in [0.717, 1.165) is 5.56 Å². The van der Waals surface area contributed by atoms with Crippen LogP contribution in [0.25, 0.3) is 11.1 Å². The third kappa shape index (κ3) is 5.42. The van der Waals surface area contributed by atoms with Crippen molar-refractivity contribution in [2.45, 2.75) is 38.9 Å². The van der Waals surface area contributed by atoms with Crippen molar-refractivity contribution in [1.29, 1.82) is 0 Å². The first-order valence-corrected chi connectivity index (χ1v) is 12.3. The van der Waals surface area contributed by atoms with Gasteiger partial charge in [0.15, 0.2) is 5.78 Å². The maximum absolute atomic E-state index is 14.7. The molecule has 1 amide bonds. The molecule has 1 aliphatic heterocycles. The van der Waals surface area contributed by atoms with E-state index in [2.05, 4.69) is 4.72 Å². The van der Waals surface area contributed by atoms with Crippen molar-refractivity contribution in [1.82, 2.24) is 9.62 Å². The number of nitrogens with zero attached hydrogens (tertiary/aromatic N) is 1. The molecule has 2 aromatic carbocycles. The molecular formula is C24H29FN2O4S. The number of hydrogen-bond acceptors (Lipinski definition) is 4. The lowest BCUT2D eigenvalue weighted by Crippen LogP contribution is -2.47. The molecule has 1 heterocycles. The molecule has 0 spiro atoms. The zero-order valence-electron chi connectivity index (χ0n) is 18.6. The van der Waals surface area contributed by atoms with Gasteiger partial charge in [-0.25, -0.2) is 17.5 Å². The van der Waals surface area contributed by atoms with Gasteiger partial charge in [0.1, 0.15) is 5.82 Å². The Morgan fingerprint density at radius 2 is 1.72 bits per heavy atom. The predicted molar refractivity (Wildman–Crippen MR) is 122 cm³/mol. The largest absolute Gasteiger partial charge is 0.342 e. The summed E-state index contributed by atoms with van der Waals surface area (Å²) in [5.41, 5.74) is 1.72. The lowest BCUT2D eigenvalue weighted by molar-refractivity contribution is -0.135. The highest BCUT2D eigenvalue weighted by atomic mass is 32.2. The molecule has 32 heavy (non-hydrogen) atoms. The number of sulfonamides is 1. The summed E-state index contributed by atoms with van der Waals surface area (Å²) in [5, 5.41) is -0.686. The smallest absolute Gasteiger partial charge is 0.225 e. The van der Waals surface area contributed by atoms with Crippen LogP contribution in [0.2, 0.25) is 0 Å². The summed E-state index contributed by atoms with van der Waals surface area (Å²) >= 11 is 0. The van der Waals surface area contributed by atoms with Crippen LogP contribution in [0.1, 0.15) is 42.6 Å². The Bertz CT molecular complexity index is 1090. The fourth-order valence-electron chi connectivity index (χ4n) is 3.90. The second kappa shape index (κ2) is 9.92. The molecule has 0 atom stereocenters. The topological polar surface area (TPSA) is 83.6 Å². The van der Waals surface area contributed by atoms with Gasteiger partial charge < -0.3 is 4.90 Å². The summed E-state index contributed by atoms with van der Waals surface area (Å²) in [7, 11) is -3.77. The first-order valence-electron chi connectivity index (χ1n) is 10.8. The van der Waals surface area contributed by atoms with E-state index < -0.39 is 33.4 Å². The van der Waals surface area contributed by atoms with Crippen molar-refractivity contribution in [2.75, 3.05) is 19.6 Å². The molecule has 0 aromatic heterocycles. The van der Waals surface area contributed by atoms with E-state index in [1.54, 1.807) is 17.9 Å². The zero-order chi connectivity index (χ0) is 23.5. The number of halogens is 1. The van der Waals surface area contributed by atoms with E-state index in [4.69, 9.17) is 0 Å². The van der Waals surface area contributed by atoms with E-state index >= 15 is 0 Å². The van der Waals surface area contributed by atoms with Gasteiger partial charge in [-0.2, -0.15) is 0 Å². The van der Waals surface area contributed by atoms with Gasteiger partial charge in [-0.15, -0.1) is 0 Å². The number of carbonyl (C=O) groups is 2. The van der Waals surface area contributed by atoms with Crippen LogP contribution in [-0.4, -0.2) is 49.9 Å². The number of rotatable bonds is 7. The van der Waals surface area contributed by atoms with E-state index in [0.29, 0.717) is 37.1 Å². The second-order valence-electron chi connectivity index (χ2n) is 8.49. The molecule has 2 aromatic rings. The molecule has 6 nitrogen and oxygen atoms in total. The first kappa shape index (κ1) is 24.1. The minimum Gasteiger partial charge on any atom is -0.342 e. The molecule has 3 rings (SSSR count). The summed E-state index contributed by atoms with van der Waals surface area (Å²) in [5.74, 6) is -1.40. The standard InChI is InChI=1S/C24H29FN2O4S/c1-16(2)24(29)27-11-9-20(10-12-27)32(30,31)26-15-22(28)21-14-19(13-17(3)23(21)25)18-7-5-4-6-8-18/h4-8,13-14,16,20,26H,9-12,15H2,1-3H3. The Hall–Kier alpha value is -2.58. The van der Waals surface area contributed by atoms with Crippen molar-refractivity contribution in [3.8, 4) is 11.1 Å². The molecule has 0 bridgehead atoms. The van der Waals surface area contributed by atoms with Crippen LogP contribution >= 0.6 is 0 Å². The van der Waals surface area contributed by atoms with Crippen molar-refractivity contribution in [3.05, 3.63) is 59.4 Å². The minimum absolute atomic E-state index is 0.00753. The average molecular weight is 461 g/mol. The van der Waals surface area contributed by atoms with Gasteiger partial charge in [0, 0.05) is 19.0 Å². The highest BCUT2D eigenvalue weighted by Gasteiger charge is 2.32. The summed E-state index contributed by atoms with van der Waals surface area (Å²) < 4.78 is 42.4. The summed E-state index contributed by atoms with van der Waals surface area (Å²) in [4.78, 5) is 26.5. The average Bonchev–Trinajstić information content (AvgIpc) is 2.79. The zero-order valence-corrected chi connectivity index (χ0v) is 19.4. The van der Waals surface area contributed by atoms with Gasteiger partial charge >= 0.3 is 0 Å². The first-order chi connectivity index (χ1) is 15.1. The maximum atomic E-state index is 14.7. The van der Waals surface area contributed by atoms with Crippen molar-refractivity contribution in [3.63, 3.8) is 0 Å². The summed E-state index contributed by atoms with van der Waals surface area (Å²) in [6, 6.07) is 12.4. The fraction of sp³-hybridized carbons (Fsp3) is 0.417. The van der Waals surface area contributed by atoms with Crippen LogP contribution in [-0.2, 0) is 14.8 Å². The van der Waals surface area contributed by atoms with E-state index in [1.807, 2.05) is 44.2 Å². The number of carbonyl (C=O) groups excluding carboxylic acids is 2. The van der Waals surface area contributed by atoms with E-state index in [9.17, 15) is 22.4 Å². The van der Waals surface area contributed by atoms with Gasteiger partial charge in [-0.3, -0.25) is 9.59 Å². The summed E-state index contributed by atoms with van der Waals surface area (Å²) in [6.45, 7) is 5.42. The highest BCUT2D eigenvalue weighted by molar-refractivity contribution is 7.90. The quantitative estimate of drug-likeness (QED) is 0.641. The molecule has 0 saturated carbocycles. The number of amides is 1. The number of Topliss-reactive ketones (excluding diaryl/α,β-unsaturated/α-hetero) is 1. The van der Waals surface area contributed by atoms with Gasteiger partial charge in [0.05, 0.1) is 17.4 Å². The molecule has 0 radical (unpaired) electrons. The van der Waals surface area contributed by atoms with Gasteiger partial charge in [-0.05, 0) is 48.6 Å². The Morgan fingerprint density at radius 1 is 1.09 bits per heavy atom. The molecule has 172 valence electrons. The van der Waals surface area contributed by atoms with Crippen molar-refractivity contribution < 1.29 is 22.4 Å². The molecule has 0 aliphatic carbocycles. The maximum Gasteiger partial charge on any atom is 0.225 e. The molecule has 1 N–H and O–H groups in total. The monoisotopic (exact) mass is 460 g/mol. The molecule has 8 heteroatoms. The minimum atomic E-state index is -3.77. The van der Waals surface area contributed by atoms with Crippen molar-refractivity contribution in [2.24, 2.45) is 5.92 Å². The number of aryl methyl sites for hydroxylation is 1. The molecule has 1 fully saturated rings. The normalized spacial score (nSPS) is 15.2. The lowest BCUT2D eigenvalue weighted by atomic mass is 9.98. The van der Waals surface area contributed by atoms with E-state index in [1.165, 1.54) is 6.07 Å². The molecule has 1 aliphatic rings. The Labute approximate surface area is 188 Å². The number of ketones is 1. The van der Waals surface area contributed by atoms with Crippen LogP contribution in [0.3, 0.4) is 0 Å². The van der Waals surface area contributed by atoms with Crippen LogP contribution in [0.4, 0.5) is 4.39 Å².